The van der Waals surface area contributed by atoms with Gasteiger partial charge >= 0.3 is 11.9 Å². The number of rotatable bonds is 5. The second-order valence-corrected chi connectivity index (χ2v) is 8.63. The maximum atomic E-state index is 13.2. The molecule has 2 heterocycles. The highest BCUT2D eigenvalue weighted by Crippen LogP contribution is 2.44. The standard InChI is InChI=1S/C24H19ClN2O5S/c1-3-32-23(31)21-13(2)26-24(33-21)27-18(14-9-11-16(25)12-10-14)17(20(29)22(27)30)19(28)15-7-5-4-6-8-15/h4-12,18,28H,3H2,1-2H3/b19-17+/t18-/m1/s1. The average molecular weight is 483 g/mol. The molecule has 0 bridgehead atoms. The number of nitrogens with zero attached hydrogens (tertiary/aromatic N) is 2. The number of carbonyl (C=O) groups excluding carboxylic acids is 3. The number of esters is 1. The van der Waals surface area contributed by atoms with Crippen LogP contribution in [-0.4, -0.2) is 34.4 Å². The number of aliphatic hydroxyl groups is 1. The van der Waals surface area contributed by atoms with E-state index in [0.29, 0.717) is 21.8 Å². The Balaban J connectivity index is 1.90. The van der Waals surface area contributed by atoms with Crippen molar-refractivity contribution >= 4 is 51.5 Å². The normalized spacial score (nSPS) is 17.4. The lowest BCUT2D eigenvalue weighted by molar-refractivity contribution is -0.132. The summed E-state index contributed by atoms with van der Waals surface area (Å²) >= 11 is 7.00. The van der Waals surface area contributed by atoms with Gasteiger partial charge in [-0.2, -0.15) is 0 Å². The van der Waals surface area contributed by atoms with Crippen LogP contribution in [0.3, 0.4) is 0 Å². The molecule has 168 valence electrons. The van der Waals surface area contributed by atoms with Crippen molar-refractivity contribution in [1.82, 2.24) is 4.98 Å². The summed E-state index contributed by atoms with van der Waals surface area (Å²) in [6, 6.07) is 14.2. The minimum absolute atomic E-state index is 0.0703. The fourth-order valence-electron chi connectivity index (χ4n) is 3.61. The molecule has 1 aromatic heterocycles. The van der Waals surface area contributed by atoms with E-state index in [2.05, 4.69) is 4.98 Å². The van der Waals surface area contributed by atoms with Crippen molar-refractivity contribution in [2.75, 3.05) is 11.5 Å². The van der Waals surface area contributed by atoms with Crippen LogP contribution in [0.4, 0.5) is 5.13 Å². The Morgan fingerprint density at radius 2 is 1.82 bits per heavy atom. The summed E-state index contributed by atoms with van der Waals surface area (Å²) in [5.41, 5.74) is 1.27. The quantitative estimate of drug-likeness (QED) is 0.240. The molecule has 0 radical (unpaired) electrons. The molecule has 9 heteroatoms. The number of Topliss-reactive ketones (excluding diaryl/α,β-unsaturated/α-hetero) is 1. The van der Waals surface area contributed by atoms with Crippen LogP contribution < -0.4 is 4.90 Å². The maximum absolute atomic E-state index is 13.2. The third-order valence-corrected chi connectivity index (χ3v) is 6.52. The second-order valence-electron chi connectivity index (χ2n) is 7.22. The van der Waals surface area contributed by atoms with Crippen molar-refractivity contribution in [3.63, 3.8) is 0 Å². The van der Waals surface area contributed by atoms with Crippen molar-refractivity contribution < 1.29 is 24.2 Å². The minimum Gasteiger partial charge on any atom is -0.507 e. The molecule has 1 aliphatic rings. The van der Waals surface area contributed by atoms with Gasteiger partial charge in [0.25, 0.3) is 5.78 Å². The summed E-state index contributed by atoms with van der Waals surface area (Å²) in [5.74, 6) is -2.55. The highest BCUT2D eigenvalue weighted by molar-refractivity contribution is 7.17. The Labute approximate surface area is 198 Å². The number of halogens is 1. The number of anilines is 1. The summed E-state index contributed by atoms with van der Waals surface area (Å²) in [6.45, 7) is 3.51. The van der Waals surface area contributed by atoms with Crippen LogP contribution in [0.1, 0.15) is 39.5 Å². The lowest BCUT2D eigenvalue weighted by atomic mass is 9.95. The van der Waals surface area contributed by atoms with E-state index in [4.69, 9.17) is 16.3 Å². The van der Waals surface area contributed by atoms with Gasteiger partial charge in [0.05, 0.1) is 23.9 Å². The van der Waals surface area contributed by atoms with Crippen LogP contribution in [-0.2, 0) is 14.3 Å². The number of amides is 1. The van der Waals surface area contributed by atoms with E-state index in [1.54, 1.807) is 68.4 Å². The highest BCUT2D eigenvalue weighted by Gasteiger charge is 2.48. The average Bonchev–Trinajstić information content (AvgIpc) is 3.32. The third kappa shape index (κ3) is 4.15. The fourth-order valence-corrected chi connectivity index (χ4v) is 4.73. The van der Waals surface area contributed by atoms with Crippen molar-refractivity contribution in [3.05, 3.63) is 86.9 Å². The maximum Gasteiger partial charge on any atom is 0.350 e. The molecule has 2 aromatic carbocycles. The van der Waals surface area contributed by atoms with Gasteiger partial charge in [0, 0.05) is 10.6 Å². The number of hydrogen-bond acceptors (Lipinski definition) is 7. The fraction of sp³-hybridized carbons (Fsp3) is 0.167. The lowest BCUT2D eigenvalue weighted by Gasteiger charge is -2.23. The summed E-state index contributed by atoms with van der Waals surface area (Å²) in [6.07, 6.45) is 0. The van der Waals surface area contributed by atoms with Gasteiger partial charge in [-0.25, -0.2) is 9.78 Å². The molecule has 0 unspecified atom stereocenters. The molecule has 0 spiro atoms. The molecule has 1 saturated heterocycles. The second kappa shape index (κ2) is 9.17. The van der Waals surface area contributed by atoms with Gasteiger partial charge in [0.2, 0.25) is 0 Å². The molecule has 4 rings (SSSR count). The van der Waals surface area contributed by atoms with Gasteiger partial charge in [0.1, 0.15) is 10.6 Å². The summed E-state index contributed by atoms with van der Waals surface area (Å²) in [4.78, 5) is 44.4. The van der Waals surface area contributed by atoms with E-state index < -0.39 is 23.7 Å². The van der Waals surface area contributed by atoms with Crippen LogP contribution in [0.15, 0.2) is 60.2 Å². The smallest absolute Gasteiger partial charge is 0.350 e. The van der Waals surface area contributed by atoms with Crippen LogP contribution >= 0.6 is 22.9 Å². The van der Waals surface area contributed by atoms with Gasteiger partial charge in [0.15, 0.2) is 5.13 Å². The topological polar surface area (TPSA) is 96.8 Å². The van der Waals surface area contributed by atoms with Crippen LogP contribution in [0.25, 0.3) is 5.76 Å². The van der Waals surface area contributed by atoms with Gasteiger partial charge in [-0.3, -0.25) is 14.5 Å². The molecule has 1 N–H and O–H groups in total. The summed E-state index contributed by atoms with van der Waals surface area (Å²) < 4.78 is 5.07. The SMILES string of the molecule is CCOC(=O)c1sc(N2C(=O)C(=O)/C(=C(/O)c3ccccc3)[C@H]2c2ccc(Cl)cc2)nc1C. The Morgan fingerprint density at radius 3 is 2.45 bits per heavy atom. The molecular formula is C24H19ClN2O5S. The van der Waals surface area contributed by atoms with Crippen LogP contribution in [0.2, 0.25) is 5.02 Å². The van der Waals surface area contributed by atoms with Crippen molar-refractivity contribution in [3.8, 4) is 0 Å². The molecule has 0 saturated carbocycles. The molecule has 1 atom stereocenters. The number of aryl methyl sites for hydroxylation is 1. The van der Waals surface area contributed by atoms with Gasteiger partial charge in [-0.1, -0.05) is 65.4 Å². The number of ether oxygens (including phenoxy) is 1. The largest absolute Gasteiger partial charge is 0.507 e. The summed E-state index contributed by atoms with van der Waals surface area (Å²) in [5, 5.41) is 11.7. The van der Waals surface area contributed by atoms with E-state index in [9.17, 15) is 19.5 Å². The van der Waals surface area contributed by atoms with Gasteiger partial charge in [-0.05, 0) is 31.5 Å². The number of aromatic nitrogens is 1. The molecule has 3 aromatic rings. The first-order valence-electron chi connectivity index (χ1n) is 10.1. The van der Waals surface area contributed by atoms with E-state index >= 15 is 0 Å². The Bertz CT molecular complexity index is 1270. The number of thiazole rings is 1. The predicted molar refractivity (Wildman–Crippen MR) is 125 cm³/mol. The molecular weight excluding hydrogens is 464 g/mol. The Hall–Kier alpha value is -3.49. The van der Waals surface area contributed by atoms with E-state index in [1.165, 1.54) is 4.90 Å². The predicted octanol–water partition coefficient (Wildman–Crippen LogP) is 4.91. The molecule has 1 aliphatic heterocycles. The highest BCUT2D eigenvalue weighted by atomic mass is 35.5. The first-order valence-corrected chi connectivity index (χ1v) is 11.3. The minimum atomic E-state index is -0.955. The molecule has 1 fully saturated rings. The first kappa shape index (κ1) is 22.7. The monoisotopic (exact) mass is 482 g/mol. The Morgan fingerprint density at radius 1 is 1.15 bits per heavy atom. The summed E-state index contributed by atoms with van der Waals surface area (Å²) in [7, 11) is 0. The first-order chi connectivity index (χ1) is 15.8. The van der Waals surface area contributed by atoms with Crippen LogP contribution in [0.5, 0.6) is 0 Å². The van der Waals surface area contributed by atoms with E-state index in [-0.39, 0.29) is 27.9 Å². The zero-order chi connectivity index (χ0) is 23.7. The number of ketones is 1. The number of carbonyl (C=O) groups is 3. The van der Waals surface area contributed by atoms with Crippen LogP contribution in [0, 0.1) is 6.92 Å². The third-order valence-electron chi connectivity index (χ3n) is 5.13. The van der Waals surface area contributed by atoms with Crippen molar-refractivity contribution in [2.45, 2.75) is 19.9 Å². The molecule has 0 aliphatic carbocycles. The van der Waals surface area contributed by atoms with Gasteiger partial charge in [-0.15, -0.1) is 0 Å². The van der Waals surface area contributed by atoms with Crippen molar-refractivity contribution in [2.24, 2.45) is 0 Å². The molecule has 33 heavy (non-hydrogen) atoms. The van der Waals surface area contributed by atoms with E-state index in [1.807, 2.05) is 0 Å². The van der Waals surface area contributed by atoms with Gasteiger partial charge < -0.3 is 9.84 Å². The Kier molecular flexibility index (Phi) is 6.31. The zero-order valence-corrected chi connectivity index (χ0v) is 19.3. The zero-order valence-electron chi connectivity index (χ0n) is 17.7. The van der Waals surface area contributed by atoms with Crippen molar-refractivity contribution in [1.29, 1.82) is 0 Å². The number of benzene rings is 2. The lowest BCUT2D eigenvalue weighted by Crippen LogP contribution is -2.29. The molecule has 7 nitrogen and oxygen atoms in total. The van der Waals surface area contributed by atoms with E-state index in [0.717, 1.165) is 11.3 Å². The molecule has 1 amide bonds. The number of aliphatic hydroxyl groups excluding tert-OH is 1. The number of hydrogen-bond donors (Lipinski definition) is 1.